The number of thioether (sulfide) groups is 1. The van der Waals surface area contributed by atoms with Crippen LogP contribution >= 0.6 is 11.8 Å². The van der Waals surface area contributed by atoms with E-state index in [1.54, 1.807) is 0 Å². The van der Waals surface area contributed by atoms with Crippen molar-refractivity contribution < 1.29 is 13.2 Å². The fourth-order valence-electron chi connectivity index (χ4n) is 2.29. The molecular weight excluding hydrogens is 384 g/mol. The number of nitrogens with one attached hydrogen (secondary N) is 1. The van der Waals surface area contributed by atoms with Crippen molar-refractivity contribution in [3.63, 3.8) is 0 Å². The Morgan fingerprint density at radius 3 is 2.44 bits per heavy atom. The van der Waals surface area contributed by atoms with Crippen LogP contribution in [0.3, 0.4) is 0 Å². The van der Waals surface area contributed by atoms with Crippen LogP contribution in [0.5, 0.6) is 0 Å². The van der Waals surface area contributed by atoms with Crippen molar-refractivity contribution in [1.82, 2.24) is 9.29 Å². The van der Waals surface area contributed by atoms with Gasteiger partial charge in [-0.2, -0.15) is 5.26 Å². The summed E-state index contributed by atoms with van der Waals surface area (Å²) in [6.45, 7) is 3.67. The molecule has 1 heterocycles. The first kappa shape index (κ1) is 20.9. The second-order valence-electron chi connectivity index (χ2n) is 6.02. The van der Waals surface area contributed by atoms with Gasteiger partial charge in [-0.25, -0.2) is 17.7 Å². The maximum absolute atomic E-state index is 12.2. The maximum Gasteiger partial charge on any atom is 0.242 e. The lowest BCUT2D eigenvalue weighted by Gasteiger charge is -2.12. The molecule has 0 atom stereocenters. The van der Waals surface area contributed by atoms with E-state index in [1.807, 2.05) is 19.9 Å². The number of carbonyl (C=O) groups is 1. The van der Waals surface area contributed by atoms with Gasteiger partial charge in [0.1, 0.15) is 11.1 Å². The number of benzene rings is 1. The average Bonchev–Trinajstić information content (AvgIpc) is 2.60. The lowest BCUT2D eigenvalue weighted by atomic mass is 10.1. The molecule has 0 bridgehead atoms. The Balaban J connectivity index is 2.04. The quantitative estimate of drug-likeness (QED) is 0.742. The van der Waals surface area contributed by atoms with Crippen molar-refractivity contribution in [1.29, 1.82) is 5.26 Å². The minimum Gasteiger partial charge on any atom is -0.325 e. The fraction of sp³-hybridized carbons (Fsp3) is 0.278. The summed E-state index contributed by atoms with van der Waals surface area (Å²) in [5, 5.41) is 12.5. The molecule has 1 aromatic heterocycles. The highest BCUT2D eigenvalue weighted by Gasteiger charge is 2.17. The third-order valence-corrected chi connectivity index (χ3v) is 6.48. The Morgan fingerprint density at radius 2 is 1.89 bits per heavy atom. The zero-order chi connectivity index (χ0) is 20.2. The van der Waals surface area contributed by atoms with Crippen LogP contribution in [0, 0.1) is 25.2 Å². The Labute approximate surface area is 163 Å². The van der Waals surface area contributed by atoms with Crippen molar-refractivity contribution in [2.75, 3.05) is 25.2 Å². The molecule has 0 aliphatic heterocycles. The smallest absolute Gasteiger partial charge is 0.242 e. The molecule has 0 fully saturated rings. The summed E-state index contributed by atoms with van der Waals surface area (Å²) in [4.78, 5) is 16.7. The minimum atomic E-state index is -3.51. The van der Waals surface area contributed by atoms with Gasteiger partial charge in [-0.3, -0.25) is 4.79 Å². The molecular formula is C18H20N4O3S2. The Kier molecular flexibility index (Phi) is 6.59. The van der Waals surface area contributed by atoms with Crippen molar-refractivity contribution in [2.45, 2.75) is 23.8 Å². The SMILES string of the molecule is Cc1cc(C)c(C#N)c(SCC(=O)Nc2ccc(S(=O)(=O)N(C)C)cc2)n1. The van der Waals surface area contributed by atoms with Gasteiger partial charge in [0.25, 0.3) is 0 Å². The number of nitriles is 1. The highest BCUT2D eigenvalue weighted by Crippen LogP contribution is 2.24. The van der Waals surface area contributed by atoms with Gasteiger partial charge in [0.2, 0.25) is 15.9 Å². The molecule has 1 N–H and O–H groups in total. The molecule has 142 valence electrons. The van der Waals surface area contributed by atoms with Gasteiger partial charge < -0.3 is 5.32 Å². The van der Waals surface area contributed by atoms with Gasteiger partial charge in [0.05, 0.1) is 16.2 Å². The van der Waals surface area contributed by atoms with E-state index < -0.39 is 10.0 Å². The first-order valence-corrected chi connectivity index (χ1v) is 10.4. The van der Waals surface area contributed by atoms with Gasteiger partial charge in [0.15, 0.2) is 0 Å². The molecule has 7 nitrogen and oxygen atoms in total. The van der Waals surface area contributed by atoms with E-state index in [0.29, 0.717) is 16.3 Å². The number of aryl methyl sites for hydroxylation is 2. The zero-order valence-corrected chi connectivity index (χ0v) is 17.1. The number of hydrogen-bond donors (Lipinski definition) is 1. The highest BCUT2D eigenvalue weighted by atomic mass is 32.2. The average molecular weight is 405 g/mol. The molecule has 0 aliphatic carbocycles. The summed E-state index contributed by atoms with van der Waals surface area (Å²) in [6.07, 6.45) is 0. The highest BCUT2D eigenvalue weighted by molar-refractivity contribution is 8.00. The monoisotopic (exact) mass is 404 g/mol. The fourth-order valence-corrected chi connectivity index (χ4v) is 4.10. The number of hydrogen-bond acceptors (Lipinski definition) is 6. The van der Waals surface area contributed by atoms with Crippen molar-refractivity contribution >= 4 is 33.4 Å². The van der Waals surface area contributed by atoms with E-state index in [2.05, 4.69) is 16.4 Å². The topological polar surface area (TPSA) is 103 Å². The van der Waals surface area contributed by atoms with Crippen LogP contribution in [0.4, 0.5) is 5.69 Å². The molecule has 9 heteroatoms. The zero-order valence-electron chi connectivity index (χ0n) is 15.5. The molecule has 1 amide bonds. The second-order valence-corrected chi connectivity index (χ2v) is 9.14. The van der Waals surface area contributed by atoms with E-state index in [1.165, 1.54) is 50.1 Å². The summed E-state index contributed by atoms with van der Waals surface area (Å²) in [7, 11) is -0.592. The molecule has 1 aromatic carbocycles. The molecule has 2 rings (SSSR count). The van der Waals surface area contributed by atoms with E-state index in [-0.39, 0.29) is 16.6 Å². The van der Waals surface area contributed by atoms with Crippen LogP contribution in [0.2, 0.25) is 0 Å². The molecule has 0 unspecified atom stereocenters. The predicted molar refractivity (Wildman–Crippen MR) is 105 cm³/mol. The lowest BCUT2D eigenvalue weighted by molar-refractivity contribution is -0.113. The third-order valence-electron chi connectivity index (χ3n) is 3.68. The molecule has 0 aliphatic rings. The number of aromatic nitrogens is 1. The van der Waals surface area contributed by atoms with Crippen LogP contribution in [0.25, 0.3) is 0 Å². The maximum atomic E-state index is 12.2. The summed E-state index contributed by atoms with van der Waals surface area (Å²) < 4.78 is 25.2. The van der Waals surface area contributed by atoms with Gasteiger partial charge >= 0.3 is 0 Å². The minimum absolute atomic E-state index is 0.0856. The predicted octanol–water partition coefficient (Wildman–Crippen LogP) is 2.55. The van der Waals surface area contributed by atoms with Crippen LogP contribution in [-0.2, 0) is 14.8 Å². The number of rotatable bonds is 6. The van der Waals surface area contributed by atoms with Crippen LogP contribution in [-0.4, -0.2) is 43.5 Å². The van der Waals surface area contributed by atoms with E-state index >= 15 is 0 Å². The molecule has 2 aromatic rings. The van der Waals surface area contributed by atoms with Crippen LogP contribution in [0.1, 0.15) is 16.8 Å². The largest absolute Gasteiger partial charge is 0.325 e. The number of sulfonamides is 1. The summed E-state index contributed by atoms with van der Waals surface area (Å²) in [5.41, 5.74) is 2.57. The Hall–Kier alpha value is -2.41. The molecule has 0 saturated heterocycles. The van der Waals surface area contributed by atoms with Crippen molar-refractivity contribution in [2.24, 2.45) is 0 Å². The first-order valence-electron chi connectivity index (χ1n) is 7.98. The molecule has 27 heavy (non-hydrogen) atoms. The number of anilines is 1. The molecule has 0 spiro atoms. The number of amides is 1. The summed E-state index contributed by atoms with van der Waals surface area (Å²) in [6, 6.07) is 9.90. The molecule has 0 saturated carbocycles. The van der Waals surface area contributed by atoms with Crippen molar-refractivity contribution in [3.05, 3.63) is 47.2 Å². The summed E-state index contributed by atoms with van der Waals surface area (Å²) >= 11 is 1.19. The molecule has 0 radical (unpaired) electrons. The standard InChI is InChI=1S/C18H20N4O3S2/c1-12-9-13(2)20-18(16(12)10-19)26-11-17(23)21-14-5-7-15(8-6-14)27(24,25)22(3)4/h5-9H,11H2,1-4H3,(H,21,23). The number of nitrogens with zero attached hydrogens (tertiary/aromatic N) is 3. The number of pyridine rings is 1. The number of carbonyl (C=O) groups excluding carboxylic acids is 1. The lowest BCUT2D eigenvalue weighted by Crippen LogP contribution is -2.22. The second kappa shape index (κ2) is 8.52. The van der Waals surface area contributed by atoms with Gasteiger partial charge in [-0.15, -0.1) is 0 Å². The summed E-state index contributed by atoms with van der Waals surface area (Å²) in [5.74, 6) is -0.185. The van der Waals surface area contributed by atoms with E-state index in [0.717, 1.165) is 15.6 Å². The Bertz CT molecular complexity index is 995. The van der Waals surface area contributed by atoms with E-state index in [9.17, 15) is 18.5 Å². The third kappa shape index (κ3) is 5.07. The van der Waals surface area contributed by atoms with Crippen molar-refractivity contribution in [3.8, 4) is 6.07 Å². The normalized spacial score (nSPS) is 11.3. The Morgan fingerprint density at radius 1 is 1.26 bits per heavy atom. The van der Waals surface area contributed by atoms with Gasteiger partial charge in [0, 0.05) is 25.5 Å². The van der Waals surface area contributed by atoms with Gasteiger partial charge in [-0.05, 0) is 49.7 Å². The van der Waals surface area contributed by atoms with E-state index in [4.69, 9.17) is 0 Å². The van der Waals surface area contributed by atoms with Crippen LogP contribution < -0.4 is 5.32 Å². The first-order chi connectivity index (χ1) is 12.6. The van der Waals surface area contributed by atoms with Gasteiger partial charge in [-0.1, -0.05) is 11.8 Å². The van der Waals surface area contributed by atoms with Crippen LogP contribution in [0.15, 0.2) is 40.3 Å².